The number of fused-ring (bicyclic) bond motifs is 1. The van der Waals surface area contributed by atoms with Crippen molar-refractivity contribution >= 4 is 11.9 Å². The summed E-state index contributed by atoms with van der Waals surface area (Å²) in [6, 6.07) is 7.72. The molecular weight excluding hydrogens is 375 g/mol. The van der Waals surface area contributed by atoms with Crippen LogP contribution in [0.2, 0.25) is 0 Å². The number of carbonyl (C=O) groups is 1. The molecule has 2 aliphatic rings. The van der Waals surface area contributed by atoms with Gasteiger partial charge in [-0.15, -0.1) is 0 Å². The third kappa shape index (κ3) is 4.17. The molecule has 0 spiro atoms. The molecule has 2 aromatic rings. The second-order valence-electron chi connectivity index (χ2n) is 7.53. The third-order valence-corrected chi connectivity index (χ3v) is 5.79. The lowest BCUT2D eigenvalue weighted by Crippen LogP contribution is -2.62. The number of anilines is 1. The molecule has 2 saturated heterocycles. The number of carbonyl (C=O) groups excluding carboxylic acids is 1. The summed E-state index contributed by atoms with van der Waals surface area (Å²) in [6.07, 6.45) is 4.41. The molecule has 1 unspecified atom stereocenters. The largest absolute Gasteiger partial charge is 0.489 e. The van der Waals surface area contributed by atoms with E-state index in [9.17, 15) is 9.18 Å². The van der Waals surface area contributed by atoms with E-state index in [1.165, 1.54) is 19.5 Å². The Kier molecular flexibility index (Phi) is 5.62. The van der Waals surface area contributed by atoms with Gasteiger partial charge in [-0.2, -0.15) is 0 Å². The SMILES string of the molecule is COC(=O)c1cccc(O[C@H]2CC[C@H]3C(C)N(c4ncc(F)cn4)CCN3C2)c1. The molecule has 154 valence electrons. The van der Waals surface area contributed by atoms with Gasteiger partial charge < -0.3 is 14.4 Å². The summed E-state index contributed by atoms with van der Waals surface area (Å²) in [5.74, 6) is 0.473. The summed E-state index contributed by atoms with van der Waals surface area (Å²) >= 11 is 0. The maximum Gasteiger partial charge on any atom is 0.337 e. The molecule has 4 rings (SSSR count). The average molecular weight is 400 g/mol. The van der Waals surface area contributed by atoms with Crippen LogP contribution in [-0.4, -0.2) is 65.8 Å². The Morgan fingerprint density at radius 3 is 2.76 bits per heavy atom. The second-order valence-corrected chi connectivity index (χ2v) is 7.53. The van der Waals surface area contributed by atoms with Gasteiger partial charge in [0.15, 0.2) is 5.82 Å². The van der Waals surface area contributed by atoms with Crippen molar-refractivity contribution in [1.82, 2.24) is 14.9 Å². The van der Waals surface area contributed by atoms with Gasteiger partial charge in [0.2, 0.25) is 5.95 Å². The molecule has 0 aliphatic carbocycles. The van der Waals surface area contributed by atoms with E-state index < -0.39 is 5.82 Å². The number of hydrogen-bond donors (Lipinski definition) is 0. The molecule has 2 aliphatic heterocycles. The molecule has 0 radical (unpaired) electrons. The number of piperidine rings is 1. The molecule has 2 fully saturated rings. The van der Waals surface area contributed by atoms with Crippen LogP contribution >= 0.6 is 0 Å². The smallest absolute Gasteiger partial charge is 0.337 e. The first-order chi connectivity index (χ1) is 14.0. The molecule has 0 amide bonds. The van der Waals surface area contributed by atoms with Crippen LogP contribution in [0.5, 0.6) is 5.75 Å². The fourth-order valence-corrected chi connectivity index (χ4v) is 4.32. The Balaban J connectivity index is 1.39. The predicted octanol–water partition coefficient (Wildman–Crippen LogP) is 2.52. The number of nitrogens with zero attached hydrogens (tertiary/aromatic N) is 4. The zero-order chi connectivity index (χ0) is 20.4. The van der Waals surface area contributed by atoms with Crippen LogP contribution in [0.4, 0.5) is 10.3 Å². The van der Waals surface area contributed by atoms with E-state index >= 15 is 0 Å². The van der Waals surface area contributed by atoms with E-state index in [0.29, 0.717) is 23.3 Å². The van der Waals surface area contributed by atoms with Gasteiger partial charge in [0, 0.05) is 31.7 Å². The van der Waals surface area contributed by atoms with Crippen LogP contribution in [0.25, 0.3) is 0 Å². The summed E-state index contributed by atoms with van der Waals surface area (Å²) < 4.78 is 24.1. The van der Waals surface area contributed by atoms with E-state index in [4.69, 9.17) is 9.47 Å². The van der Waals surface area contributed by atoms with Crippen molar-refractivity contribution in [2.45, 2.75) is 38.0 Å². The van der Waals surface area contributed by atoms with Crippen LogP contribution < -0.4 is 9.64 Å². The number of esters is 1. The van der Waals surface area contributed by atoms with Gasteiger partial charge >= 0.3 is 5.97 Å². The number of methoxy groups -OCH3 is 1. The van der Waals surface area contributed by atoms with E-state index in [0.717, 1.165) is 32.5 Å². The lowest BCUT2D eigenvalue weighted by Gasteiger charge is -2.50. The predicted molar refractivity (Wildman–Crippen MR) is 106 cm³/mol. The van der Waals surface area contributed by atoms with Crippen molar-refractivity contribution in [3.8, 4) is 5.75 Å². The van der Waals surface area contributed by atoms with Crippen molar-refractivity contribution in [3.05, 3.63) is 48.0 Å². The van der Waals surface area contributed by atoms with Crippen LogP contribution in [0.1, 0.15) is 30.1 Å². The highest BCUT2D eigenvalue weighted by atomic mass is 19.1. The van der Waals surface area contributed by atoms with Crippen molar-refractivity contribution in [3.63, 3.8) is 0 Å². The Labute approximate surface area is 169 Å². The first-order valence-electron chi connectivity index (χ1n) is 9.88. The van der Waals surface area contributed by atoms with Crippen LogP contribution in [0, 0.1) is 5.82 Å². The Morgan fingerprint density at radius 1 is 1.21 bits per heavy atom. The average Bonchev–Trinajstić information content (AvgIpc) is 2.74. The van der Waals surface area contributed by atoms with Crippen LogP contribution in [-0.2, 0) is 4.74 Å². The van der Waals surface area contributed by atoms with Gasteiger partial charge in [-0.1, -0.05) is 6.07 Å². The minimum absolute atomic E-state index is 0.0694. The zero-order valence-corrected chi connectivity index (χ0v) is 16.6. The molecule has 1 aromatic carbocycles. The zero-order valence-electron chi connectivity index (χ0n) is 16.6. The van der Waals surface area contributed by atoms with Crippen molar-refractivity contribution in [2.24, 2.45) is 0 Å². The number of benzene rings is 1. The quantitative estimate of drug-likeness (QED) is 0.731. The maximum absolute atomic E-state index is 13.1. The fraction of sp³-hybridized carbons (Fsp3) is 0.476. The molecule has 0 saturated carbocycles. The van der Waals surface area contributed by atoms with E-state index in [2.05, 4.69) is 26.7 Å². The van der Waals surface area contributed by atoms with Gasteiger partial charge in [-0.05, 0) is 38.0 Å². The van der Waals surface area contributed by atoms with E-state index in [1.807, 2.05) is 6.07 Å². The normalized spacial score (nSPS) is 24.7. The summed E-state index contributed by atoms with van der Waals surface area (Å²) in [5, 5.41) is 0. The number of halogens is 1. The van der Waals surface area contributed by atoms with Gasteiger partial charge in [0.05, 0.1) is 25.1 Å². The fourth-order valence-electron chi connectivity index (χ4n) is 4.32. The molecule has 3 heterocycles. The Bertz CT molecular complexity index is 863. The lowest BCUT2D eigenvalue weighted by molar-refractivity contribution is 0.0285. The summed E-state index contributed by atoms with van der Waals surface area (Å²) in [7, 11) is 1.37. The van der Waals surface area contributed by atoms with Gasteiger partial charge in [-0.3, -0.25) is 4.90 Å². The highest BCUT2D eigenvalue weighted by molar-refractivity contribution is 5.89. The molecule has 29 heavy (non-hydrogen) atoms. The van der Waals surface area contributed by atoms with Gasteiger partial charge in [-0.25, -0.2) is 19.2 Å². The highest BCUT2D eigenvalue weighted by Gasteiger charge is 2.39. The minimum atomic E-state index is -0.422. The monoisotopic (exact) mass is 400 g/mol. The standard InChI is InChI=1S/C21H25FN4O3/c1-14-19-7-6-18(29-17-5-3-4-15(10-17)20(27)28-2)13-25(19)8-9-26(14)21-23-11-16(22)12-24-21/h3-5,10-12,14,18-19H,6-9,13H2,1-2H3/t14?,18-,19-/m0/s1. The van der Waals surface area contributed by atoms with Crippen molar-refractivity contribution in [2.75, 3.05) is 31.6 Å². The maximum atomic E-state index is 13.1. The lowest BCUT2D eigenvalue weighted by atomic mass is 9.92. The van der Waals surface area contributed by atoms with Crippen LogP contribution in [0.15, 0.2) is 36.7 Å². The van der Waals surface area contributed by atoms with E-state index in [1.54, 1.807) is 18.2 Å². The van der Waals surface area contributed by atoms with Crippen molar-refractivity contribution in [1.29, 1.82) is 0 Å². The number of aromatic nitrogens is 2. The second kappa shape index (κ2) is 8.32. The summed E-state index contributed by atoms with van der Waals surface area (Å²) in [5.41, 5.74) is 0.486. The first-order valence-corrected chi connectivity index (χ1v) is 9.88. The number of piperazine rings is 1. The molecule has 0 bridgehead atoms. The number of hydrogen-bond acceptors (Lipinski definition) is 7. The third-order valence-electron chi connectivity index (χ3n) is 5.79. The molecule has 8 heteroatoms. The van der Waals surface area contributed by atoms with E-state index in [-0.39, 0.29) is 18.1 Å². The Hall–Kier alpha value is -2.74. The highest BCUT2D eigenvalue weighted by Crippen LogP contribution is 2.30. The molecule has 0 N–H and O–H groups in total. The first kappa shape index (κ1) is 19.6. The summed E-state index contributed by atoms with van der Waals surface area (Å²) in [4.78, 5) is 24.6. The minimum Gasteiger partial charge on any atom is -0.489 e. The molecular formula is C21H25FN4O3. The van der Waals surface area contributed by atoms with Crippen LogP contribution in [0.3, 0.4) is 0 Å². The van der Waals surface area contributed by atoms with Crippen molar-refractivity contribution < 1.29 is 18.7 Å². The summed E-state index contributed by atoms with van der Waals surface area (Å²) in [6.45, 7) is 4.66. The Morgan fingerprint density at radius 2 is 2.00 bits per heavy atom. The number of ether oxygens (including phenoxy) is 2. The molecule has 1 aromatic heterocycles. The topological polar surface area (TPSA) is 67.8 Å². The van der Waals surface area contributed by atoms with Gasteiger partial charge in [0.1, 0.15) is 11.9 Å². The van der Waals surface area contributed by atoms with Gasteiger partial charge in [0.25, 0.3) is 0 Å². The molecule has 7 nitrogen and oxygen atoms in total. The number of rotatable bonds is 4. The molecule has 3 atom stereocenters.